The average molecular weight is 275 g/mol. The molecular formula is C12H19ClN2OS. The first kappa shape index (κ1) is 14.7. The lowest BCUT2D eigenvalue weighted by Gasteiger charge is -2.12. The number of carbonyl (C=O) groups excluding carboxylic acids is 1. The fourth-order valence-corrected chi connectivity index (χ4v) is 2.42. The molecule has 1 atom stereocenters. The van der Waals surface area contributed by atoms with Crippen LogP contribution in [0, 0.1) is 11.8 Å². The number of amides is 1. The van der Waals surface area contributed by atoms with Gasteiger partial charge in [-0.05, 0) is 32.4 Å². The van der Waals surface area contributed by atoms with E-state index in [4.69, 9.17) is 0 Å². The van der Waals surface area contributed by atoms with Gasteiger partial charge in [0, 0.05) is 6.54 Å². The molecule has 17 heavy (non-hydrogen) atoms. The normalized spacial score (nSPS) is 24.4. The van der Waals surface area contributed by atoms with E-state index in [2.05, 4.69) is 29.4 Å². The zero-order valence-corrected chi connectivity index (χ0v) is 11.6. The third-order valence-corrected chi connectivity index (χ3v) is 3.64. The van der Waals surface area contributed by atoms with Crippen LogP contribution in [0.3, 0.4) is 0 Å². The Morgan fingerprint density at radius 1 is 1.18 bits per heavy atom. The van der Waals surface area contributed by atoms with E-state index in [1.807, 2.05) is 0 Å². The number of rotatable bonds is 2. The van der Waals surface area contributed by atoms with E-state index in [0.29, 0.717) is 6.54 Å². The molecule has 2 saturated heterocycles. The molecule has 0 N–H and O–H groups in total. The van der Waals surface area contributed by atoms with Gasteiger partial charge in [-0.2, -0.15) is 12.6 Å². The van der Waals surface area contributed by atoms with Gasteiger partial charge >= 0.3 is 0 Å². The topological polar surface area (TPSA) is 23.6 Å². The van der Waals surface area contributed by atoms with Crippen LogP contribution in [0.25, 0.3) is 0 Å². The Bertz CT molecular complexity index is 320. The third kappa shape index (κ3) is 4.09. The van der Waals surface area contributed by atoms with E-state index in [0.717, 1.165) is 19.5 Å². The van der Waals surface area contributed by atoms with E-state index >= 15 is 0 Å². The molecule has 0 aliphatic carbocycles. The van der Waals surface area contributed by atoms with Crippen LogP contribution in [0.5, 0.6) is 0 Å². The van der Waals surface area contributed by atoms with Gasteiger partial charge in [0.05, 0.1) is 18.3 Å². The fourth-order valence-electron chi connectivity index (χ4n) is 2.14. The Morgan fingerprint density at radius 2 is 1.82 bits per heavy atom. The van der Waals surface area contributed by atoms with Gasteiger partial charge in [-0.1, -0.05) is 11.8 Å². The highest BCUT2D eigenvalue weighted by atomic mass is 35.5. The summed E-state index contributed by atoms with van der Waals surface area (Å²) < 4.78 is 0. The van der Waals surface area contributed by atoms with Crippen LogP contribution in [-0.2, 0) is 4.79 Å². The highest BCUT2D eigenvalue weighted by Crippen LogP contribution is 2.15. The van der Waals surface area contributed by atoms with Crippen molar-refractivity contribution in [2.24, 2.45) is 0 Å². The molecule has 1 unspecified atom stereocenters. The summed E-state index contributed by atoms with van der Waals surface area (Å²) in [6.45, 7) is 4.59. The molecule has 0 aromatic heterocycles. The summed E-state index contributed by atoms with van der Waals surface area (Å²) in [5.41, 5.74) is 0. The number of nitrogens with zero attached hydrogens (tertiary/aromatic N) is 2. The summed E-state index contributed by atoms with van der Waals surface area (Å²) in [5.74, 6) is 6.37. The Morgan fingerprint density at radius 3 is 2.41 bits per heavy atom. The summed E-state index contributed by atoms with van der Waals surface area (Å²) in [6, 6.07) is 0. The molecule has 96 valence electrons. The number of hydrogen-bond acceptors (Lipinski definition) is 3. The second-order valence-corrected chi connectivity index (χ2v) is 5.02. The molecule has 2 aliphatic rings. The summed E-state index contributed by atoms with van der Waals surface area (Å²) in [6.07, 6.45) is 3.46. The van der Waals surface area contributed by atoms with Gasteiger partial charge in [-0.15, -0.1) is 12.4 Å². The molecule has 3 nitrogen and oxygen atoms in total. The molecule has 2 heterocycles. The molecule has 2 rings (SSSR count). The van der Waals surface area contributed by atoms with Crippen molar-refractivity contribution in [2.45, 2.75) is 24.5 Å². The Balaban J connectivity index is 0.00000144. The van der Waals surface area contributed by atoms with Crippen LogP contribution in [0.15, 0.2) is 0 Å². The minimum Gasteiger partial charge on any atom is -0.331 e. The third-order valence-electron chi connectivity index (χ3n) is 3.17. The van der Waals surface area contributed by atoms with E-state index < -0.39 is 0 Å². The quantitative estimate of drug-likeness (QED) is 0.601. The highest BCUT2D eigenvalue weighted by molar-refractivity contribution is 7.81. The van der Waals surface area contributed by atoms with Crippen LogP contribution in [0.4, 0.5) is 0 Å². The summed E-state index contributed by atoms with van der Waals surface area (Å²) in [4.78, 5) is 15.7. The average Bonchev–Trinajstić information content (AvgIpc) is 2.88. The molecule has 2 aliphatic heterocycles. The Hall–Kier alpha value is -0.370. The van der Waals surface area contributed by atoms with E-state index in [1.165, 1.54) is 25.9 Å². The number of thiol groups is 1. The Labute approximate surface area is 115 Å². The Kier molecular flexibility index (Phi) is 6.18. The van der Waals surface area contributed by atoms with Gasteiger partial charge in [0.2, 0.25) is 5.91 Å². The standard InChI is InChI=1S/C12H18N2OS.ClH/c15-12-11(16)5-10-14(12)9-4-3-8-13-6-1-2-7-13;/h11,16H,1-2,5-10H2;1H. The first-order valence-electron chi connectivity index (χ1n) is 5.92. The van der Waals surface area contributed by atoms with Crippen LogP contribution >= 0.6 is 25.0 Å². The van der Waals surface area contributed by atoms with Gasteiger partial charge in [-0.3, -0.25) is 9.69 Å². The van der Waals surface area contributed by atoms with Gasteiger partial charge in [0.1, 0.15) is 0 Å². The summed E-state index contributed by atoms with van der Waals surface area (Å²) in [7, 11) is 0. The molecule has 1 amide bonds. The smallest absolute Gasteiger partial charge is 0.236 e. The van der Waals surface area contributed by atoms with E-state index in [1.54, 1.807) is 4.90 Å². The molecule has 0 aromatic carbocycles. The van der Waals surface area contributed by atoms with Gasteiger partial charge in [0.15, 0.2) is 0 Å². The molecule has 0 bridgehead atoms. The van der Waals surface area contributed by atoms with Crippen LogP contribution in [-0.4, -0.2) is 53.7 Å². The number of likely N-dealkylation sites (tertiary alicyclic amines) is 2. The second-order valence-electron chi connectivity index (χ2n) is 4.40. The van der Waals surface area contributed by atoms with E-state index in [9.17, 15) is 4.79 Å². The predicted molar refractivity (Wildman–Crippen MR) is 74.7 cm³/mol. The zero-order valence-electron chi connectivity index (χ0n) is 9.89. The molecular weight excluding hydrogens is 256 g/mol. The van der Waals surface area contributed by atoms with Crippen LogP contribution < -0.4 is 0 Å². The van der Waals surface area contributed by atoms with E-state index in [-0.39, 0.29) is 23.6 Å². The molecule has 0 aromatic rings. The monoisotopic (exact) mass is 274 g/mol. The molecule has 0 spiro atoms. The first-order valence-corrected chi connectivity index (χ1v) is 6.44. The maximum Gasteiger partial charge on any atom is 0.236 e. The summed E-state index contributed by atoms with van der Waals surface area (Å²) >= 11 is 4.22. The maximum atomic E-state index is 11.5. The van der Waals surface area contributed by atoms with Gasteiger partial charge in [0.25, 0.3) is 0 Å². The minimum atomic E-state index is -0.0969. The van der Waals surface area contributed by atoms with Crippen molar-refractivity contribution in [3.8, 4) is 11.8 Å². The molecule has 2 fully saturated rings. The molecule has 0 saturated carbocycles. The summed E-state index contributed by atoms with van der Waals surface area (Å²) in [5, 5.41) is -0.0969. The van der Waals surface area contributed by atoms with Crippen molar-refractivity contribution < 1.29 is 4.79 Å². The van der Waals surface area contributed by atoms with Crippen molar-refractivity contribution in [3.63, 3.8) is 0 Å². The number of carbonyl (C=O) groups is 1. The van der Waals surface area contributed by atoms with Crippen molar-refractivity contribution in [3.05, 3.63) is 0 Å². The van der Waals surface area contributed by atoms with Crippen molar-refractivity contribution >= 4 is 30.9 Å². The number of halogens is 1. The maximum absolute atomic E-state index is 11.5. The SMILES string of the molecule is Cl.O=C1C(S)CCN1CC#CCN1CCCC1. The van der Waals surface area contributed by atoms with Crippen LogP contribution in [0.1, 0.15) is 19.3 Å². The van der Waals surface area contributed by atoms with Gasteiger partial charge in [-0.25, -0.2) is 0 Å². The molecule has 0 radical (unpaired) electrons. The van der Waals surface area contributed by atoms with Crippen molar-refractivity contribution in [1.29, 1.82) is 0 Å². The lowest BCUT2D eigenvalue weighted by Crippen LogP contribution is -2.28. The fraction of sp³-hybridized carbons (Fsp3) is 0.750. The highest BCUT2D eigenvalue weighted by Gasteiger charge is 2.27. The second kappa shape index (κ2) is 7.15. The van der Waals surface area contributed by atoms with Gasteiger partial charge < -0.3 is 4.90 Å². The first-order chi connectivity index (χ1) is 7.77. The minimum absolute atomic E-state index is 0. The lowest BCUT2D eigenvalue weighted by atomic mass is 10.4. The molecule has 5 heteroatoms. The largest absolute Gasteiger partial charge is 0.331 e. The van der Waals surface area contributed by atoms with Crippen LogP contribution in [0.2, 0.25) is 0 Å². The van der Waals surface area contributed by atoms with Crippen molar-refractivity contribution in [2.75, 3.05) is 32.7 Å². The zero-order chi connectivity index (χ0) is 11.4. The predicted octanol–water partition coefficient (Wildman–Crippen LogP) is 1.04. The number of hydrogen-bond donors (Lipinski definition) is 1. The van der Waals surface area contributed by atoms with Crippen molar-refractivity contribution in [1.82, 2.24) is 9.80 Å². The lowest BCUT2D eigenvalue weighted by molar-refractivity contribution is -0.126.